The lowest BCUT2D eigenvalue weighted by Crippen LogP contribution is -2.28. The van der Waals surface area contributed by atoms with Crippen LogP contribution in [0.2, 0.25) is 0 Å². The zero-order chi connectivity index (χ0) is 46.2. The predicted molar refractivity (Wildman–Crippen MR) is 289 cm³/mol. The first-order chi connectivity index (χ1) is 34.7. The van der Waals surface area contributed by atoms with E-state index in [1.54, 1.807) is 0 Å². The minimum atomic E-state index is -0.482. The van der Waals surface area contributed by atoms with Gasteiger partial charge in [0.2, 0.25) is 0 Å². The van der Waals surface area contributed by atoms with Gasteiger partial charge in [0.15, 0.2) is 0 Å². The third-order valence-corrected chi connectivity index (χ3v) is 14.6. The maximum atomic E-state index is 6.47. The lowest BCUT2D eigenvalue weighted by Gasteiger charge is -2.34. The van der Waals surface area contributed by atoms with Crippen LogP contribution in [0.4, 0.5) is 17.1 Å². The number of benzene rings is 11. The van der Waals surface area contributed by atoms with Crippen molar-refractivity contribution in [2.45, 2.75) is 5.41 Å². The van der Waals surface area contributed by atoms with Crippen molar-refractivity contribution in [1.29, 1.82) is 0 Å². The molecule has 3 nitrogen and oxygen atoms in total. The Morgan fingerprint density at radius 1 is 0.286 bits per heavy atom. The van der Waals surface area contributed by atoms with Crippen LogP contribution in [0, 0.1) is 0 Å². The second-order valence-corrected chi connectivity index (χ2v) is 18.3. The Morgan fingerprint density at radius 2 is 0.814 bits per heavy atom. The number of hydrogen-bond acceptors (Lipinski definition) is 3. The average Bonchev–Trinajstić information content (AvgIpc) is 4.11. The fourth-order valence-electron chi connectivity index (χ4n) is 11.5. The maximum Gasteiger partial charge on any atom is 0.143 e. The molecule has 0 spiro atoms. The fraction of sp³-hybridized carbons (Fsp3) is 0.0149. The Morgan fingerprint density at radius 3 is 1.57 bits per heavy atom. The van der Waals surface area contributed by atoms with Gasteiger partial charge in [-0.1, -0.05) is 200 Å². The molecule has 0 atom stereocenters. The van der Waals surface area contributed by atoms with E-state index in [1.807, 2.05) is 24.3 Å². The SMILES string of the molecule is c1ccc(C2(c3ccccc3)c3ccccc3-c3cc(N(c4ccc(-c5cccc(-c6cccc7c6oc6ccccc67)c5)cc4)c4ccc(-c5cccc6oc7ccccc7c56)cc4)ccc32)cc1. The molecule has 13 aromatic rings. The molecule has 1 aliphatic rings. The van der Waals surface area contributed by atoms with E-state index in [1.165, 1.54) is 33.4 Å². The number of hydrogen-bond donors (Lipinski definition) is 0. The molecule has 0 aliphatic heterocycles. The van der Waals surface area contributed by atoms with Gasteiger partial charge < -0.3 is 13.7 Å². The van der Waals surface area contributed by atoms with Crippen molar-refractivity contribution in [2.75, 3.05) is 4.90 Å². The third-order valence-electron chi connectivity index (χ3n) is 14.6. The van der Waals surface area contributed by atoms with Crippen LogP contribution in [0.15, 0.2) is 270 Å². The Bertz CT molecular complexity index is 4070. The molecule has 2 heterocycles. The van der Waals surface area contributed by atoms with E-state index in [4.69, 9.17) is 8.83 Å². The fourth-order valence-corrected chi connectivity index (χ4v) is 11.5. The summed E-state index contributed by atoms with van der Waals surface area (Å²) in [5.41, 5.74) is 20.6. The van der Waals surface area contributed by atoms with E-state index in [9.17, 15) is 0 Å². The van der Waals surface area contributed by atoms with Crippen molar-refractivity contribution in [2.24, 2.45) is 0 Å². The van der Waals surface area contributed by atoms with E-state index < -0.39 is 5.41 Å². The Balaban J connectivity index is 0.907. The zero-order valence-electron chi connectivity index (χ0n) is 38.1. The smallest absolute Gasteiger partial charge is 0.143 e. The molecule has 328 valence electrons. The number of furan rings is 2. The van der Waals surface area contributed by atoms with Gasteiger partial charge in [0.1, 0.15) is 22.3 Å². The van der Waals surface area contributed by atoms with E-state index in [2.05, 4.69) is 241 Å². The second kappa shape index (κ2) is 16.0. The van der Waals surface area contributed by atoms with Gasteiger partial charge in [-0.25, -0.2) is 0 Å². The highest BCUT2D eigenvalue weighted by atomic mass is 16.3. The normalized spacial score (nSPS) is 12.7. The standard InChI is InChI=1S/C67H43NO2/c1-3-18-48(19-4-1)67(49-20-5-2-6-21-49)60-28-10-7-22-55(60)59-43-52(40-41-61(59)67)68(51-38-34-45(35-39-51)53-25-15-31-64-65(53)58-24-9-12-30-63(58)69-64)50-36-32-44(33-37-50)46-16-13-17-47(42-46)54-26-14-27-57-56-23-8-11-29-62(56)70-66(54)57/h1-43H. The van der Waals surface area contributed by atoms with E-state index >= 15 is 0 Å². The molecule has 70 heavy (non-hydrogen) atoms. The first-order valence-electron chi connectivity index (χ1n) is 24.0. The Kier molecular flexibility index (Phi) is 9.11. The van der Waals surface area contributed by atoms with Gasteiger partial charge >= 0.3 is 0 Å². The number of anilines is 3. The van der Waals surface area contributed by atoms with Gasteiger partial charge in [-0.05, 0) is 122 Å². The summed E-state index contributed by atoms with van der Waals surface area (Å²) in [5, 5.41) is 4.52. The maximum absolute atomic E-state index is 6.47. The van der Waals surface area contributed by atoms with Crippen LogP contribution in [0.25, 0.3) is 88.4 Å². The molecule has 0 fully saturated rings. The minimum Gasteiger partial charge on any atom is -0.456 e. The molecule has 1 aliphatic carbocycles. The van der Waals surface area contributed by atoms with Crippen molar-refractivity contribution in [1.82, 2.24) is 0 Å². The van der Waals surface area contributed by atoms with Crippen molar-refractivity contribution < 1.29 is 8.83 Å². The second-order valence-electron chi connectivity index (χ2n) is 18.3. The summed E-state index contributed by atoms with van der Waals surface area (Å²) < 4.78 is 12.8. The molecule has 0 saturated carbocycles. The molecular weight excluding hydrogens is 851 g/mol. The number of rotatable bonds is 8. The largest absolute Gasteiger partial charge is 0.456 e. The number of nitrogens with zero attached hydrogens (tertiary/aromatic N) is 1. The van der Waals surface area contributed by atoms with Gasteiger partial charge in [-0.15, -0.1) is 0 Å². The monoisotopic (exact) mass is 893 g/mol. The Hall–Kier alpha value is -9.18. The summed E-state index contributed by atoms with van der Waals surface area (Å²) in [5.74, 6) is 0. The molecule has 14 rings (SSSR count). The molecule has 0 unspecified atom stereocenters. The van der Waals surface area contributed by atoms with Crippen molar-refractivity contribution in [3.05, 3.63) is 283 Å². The van der Waals surface area contributed by atoms with Gasteiger partial charge in [0.25, 0.3) is 0 Å². The summed E-state index contributed by atoms with van der Waals surface area (Å²) in [6, 6.07) is 94.3. The van der Waals surface area contributed by atoms with Gasteiger partial charge in [0.05, 0.1) is 5.41 Å². The topological polar surface area (TPSA) is 29.5 Å². The first-order valence-corrected chi connectivity index (χ1v) is 24.0. The third kappa shape index (κ3) is 6.15. The molecule has 0 amide bonds. The quantitative estimate of drug-likeness (QED) is 0.152. The summed E-state index contributed by atoms with van der Waals surface area (Å²) in [7, 11) is 0. The lowest BCUT2D eigenvalue weighted by molar-refractivity contribution is 0.669. The highest BCUT2D eigenvalue weighted by Gasteiger charge is 2.46. The molecule has 3 heteroatoms. The summed E-state index contributed by atoms with van der Waals surface area (Å²) in [4.78, 5) is 2.40. The van der Waals surface area contributed by atoms with Crippen molar-refractivity contribution in [3.8, 4) is 44.5 Å². The lowest BCUT2D eigenvalue weighted by atomic mass is 9.68. The summed E-state index contributed by atoms with van der Waals surface area (Å²) >= 11 is 0. The highest BCUT2D eigenvalue weighted by Crippen LogP contribution is 2.57. The minimum absolute atomic E-state index is 0.482. The average molecular weight is 894 g/mol. The molecule has 0 bridgehead atoms. The van der Waals surface area contributed by atoms with Gasteiger partial charge in [-0.3, -0.25) is 0 Å². The first kappa shape index (κ1) is 39.9. The molecule has 2 aromatic heterocycles. The van der Waals surface area contributed by atoms with Crippen LogP contribution in [-0.4, -0.2) is 0 Å². The van der Waals surface area contributed by atoms with E-state index in [0.717, 1.165) is 94.3 Å². The number of fused-ring (bicyclic) bond motifs is 9. The molecule has 11 aromatic carbocycles. The van der Waals surface area contributed by atoms with Crippen LogP contribution >= 0.6 is 0 Å². The Labute approximate surface area is 405 Å². The molecule has 0 saturated heterocycles. The highest BCUT2D eigenvalue weighted by molar-refractivity contribution is 6.13. The molecule has 0 N–H and O–H groups in total. The van der Waals surface area contributed by atoms with E-state index in [-0.39, 0.29) is 0 Å². The van der Waals surface area contributed by atoms with Crippen LogP contribution in [-0.2, 0) is 5.41 Å². The van der Waals surface area contributed by atoms with Crippen molar-refractivity contribution in [3.63, 3.8) is 0 Å². The number of para-hydroxylation sites is 3. The van der Waals surface area contributed by atoms with E-state index in [0.29, 0.717) is 0 Å². The molecular formula is C67H43NO2. The molecule has 0 radical (unpaired) electrons. The predicted octanol–water partition coefficient (Wildman–Crippen LogP) is 18.3. The van der Waals surface area contributed by atoms with Gasteiger partial charge in [-0.2, -0.15) is 0 Å². The van der Waals surface area contributed by atoms with Crippen LogP contribution in [0.1, 0.15) is 22.3 Å². The van der Waals surface area contributed by atoms with Crippen LogP contribution in [0.3, 0.4) is 0 Å². The zero-order valence-corrected chi connectivity index (χ0v) is 38.1. The van der Waals surface area contributed by atoms with Crippen LogP contribution in [0.5, 0.6) is 0 Å². The van der Waals surface area contributed by atoms with Gasteiger partial charge in [0, 0.05) is 44.2 Å². The summed E-state index contributed by atoms with van der Waals surface area (Å²) in [6.07, 6.45) is 0. The summed E-state index contributed by atoms with van der Waals surface area (Å²) in [6.45, 7) is 0. The van der Waals surface area contributed by atoms with Crippen LogP contribution < -0.4 is 4.90 Å². The van der Waals surface area contributed by atoms with Crippen molar-refractivity contribution >= 4 is 60.9 Å².